The third kappa shape index (κ3) is 6.29. The van der Waals surface area contributed by atoms with E-state index in [0.29, 0.717) is 25.7 Å². The maximum absolute atomic E-state index is 12.2. The number of alkyl halides is 3. The summed E-state index contributed by atoms with van der Waals surface area (Å²) in [5, 5.41) is 3.36. The van der Waals surface area contributed by atoms with Crippen molar-refractivity contribution in [1.82, 2.24) is 5.32 Å². The molecule has 2 nitrogen and oxygen atoms in total. The van der Waals surface area contributed by atoms with Crippen LogP contribution in [0.2, 0.25) is 0 Å². The summed E-state index contributed by atoms with van der Waals surface area (Å²) in [6.07, 6.45) is 2.30. The van der Waals surface area contributed by atoms with Crippen molar-refractivity contribution in [2.24, 2.45) is 5.41 Å². The Bertz CT molecular complexity index is 240. The summed E-state index contributed by atoms with van der Waals surface area (Å²) < 4.78 is 41.8. The lowest BCUT2D eigenvalue weighted by atomic mass is 9.77. The van der Waals surface area contributed by atoms with Crippen LogP contribution >= 0.6 is 11.8 Å². The number of hydrogen-bond donors (Lipinski definition) is 1. The lowest BCUT2D eigenvalue weighted by Gasteiger charge is -2.38. The molecule has 0 bridgehead atoms. The molecule has 0 aromatic rings. The van der Waals surface area contributed by atoms with E-state index in [0.717, 1.165) is 19.4 Å². The second-order valence-corrected chi connectivity index (χ2v) is 6.35. The van der Waals surface area contributed by atoms with Gasteiger partial charge in [-0.1, -0.05) is 25.6 Å². The van der Waals surface area contributed by atoms with Crippen LogP contribution in [0.25, 0.3) is 0 Å². The van der Waals surface area contributed by atoms with E-state index in [1.54, 1.807) is 0 Å². The predicted octanol–water partition coefficient (Wildman–Crippen LogP) is 3.42. The maximum Gasteiger partial charge on any atom is 0.441 e. The highest BCUT2D eigenvalue weighted by Crippen LogP contribution is 2.38. The van der Waals surface area contributed by atoms with E-state index < -0.39 is 5.51 Å². The van der Waals surface area contributed by atoms with Gasteiger partial charge in [-0.2, -0.15) is 13.2 Å². The van der Waals surface area contributed by atoms with Crippen LogP contribution < -0.4 is 5.32 Å². The average Bonchev–Trinajstić information content (AvgIpc) is 2.26. The standard InChI is InChI=1S/C12H22F3NOS/c1-10(2)16-9-11(3-6-17-7-4-11)5-8-18-12(13,14)15/h10,16H,3-9H2,1-2H3. The van der Waals surface area contributed by atoms with E-state index >= 15 is 0 Å². The molecule has 1 aliphatic rings. The van der Waals surface area contributed by atoms with Crippen molar-refractivity contribution in [2.45, 2.75) is 44.7 Å². The Morgan fingerprint density at radius 3 is 2.39 bits per heavy atom. The molecule has 6 heteroatoms. The van der Waals surface area contributed by atoms with Crippen molar-refractivity contribution in [2.75, 3.05) is 25.5 Å². The highest BCUT2D eigenvalue weighted by Gasteiger charge is 2.35. The Labute approximate surface area is 111 Å². The van der Waals surface area contributed by atoms with E-state index in [1.165, 1.54) is 0 Å². The molecule has 18 heavy (non-hydrogen) atoms. The maximum atomic E-state index is 12.2. The van der Waals surface area contributed by atoms with Gasteiger partial charge in [-0.25, -0.2) is 0 Å². The lowest BCUT2D eigenvalue weighted by Crippen LogP contribution is -2.42. The summed E-state index contributed by atoms with van der Waals surface area (Å²) in [6.45, 7) is 6.22. The fraction of sp³-hybridized carbons (Fsp3) is 1.00. The fourth-order valence-electron chi connectivity index (χ4n) is 2.12. The van der Waals surface area contributed by atoms with E-state index in [9.17, 15) is 13.2 Å². The van der Waals surface area contributed by atoms with Gasteiger partial charge in [0.2, 0.25) is 0 Å². The average molecular weight is 285 g/mol. The van der Waals surface area contributed by atoms with Crippen molar-refractivity contribution >= 4 is 11.8 Å². The van der Waals surface area contributed by atoms with Gasteiger partial charge in [-0.15, -0.1) is 0 Å². The molecule has 108 valence electrons. The first-order valence-corrected chi connectivity index (χ1v) is 7.33. The summed E-state index contributed by atoms with van der Waals surface area (Å²) in [5.74, 6) is 0.142. The fourth-order valence-corrected chi connectivity index (χ4v) is 2.89. The molecule has 1 saturated heterocycles. The van der Waals surface area contributed by atoms with Gasteiger partial charge in [0.25, 0.3) is 0 Å². The second kappa shape index (κ2) is 7.01. The molecule has 1 fully saturated rings. The smallest absolute Gasteiger partial charge is 0.381 e. The molecule has 0 spiro atoms. The molecular weight excluding hydrogens is 263 g/mol. The van der Waals surface area contributed by atoms with Crippen LogP contribution in [0.4, 0.5) is 13.2 Å². The number of rotatable bonds is 6. The van der Waals surface area contributed by atoms with Crippen molar-refractivity contribution in [3.63, 3.8) is 0 Å². The van der Waals surface area contributed by atoms with Gasteiger partial charge in [0.05, 0.1) is 0 Å². The Morgan fingerprint density at radius 1 is 1.28 bits per heavy atom. The normalized spacial score (nSPS) is 20.3. The van der Waals surface area contributed by atoms with Gasteiger partial charge in [0, 0.05) is 31.6 Å². The number of halogens is 3. The van der Waals surface area contributed by atoms with Crippen LogP contribution in [0.3, 0.4) is 0 Å². The predicted molar refractivity (Wildman–Crippen MR) is 68.8 cm³/mol. The minimum absolute atomic E-state index is 0.0270. The highest BCUT2D eigenvalue weighted by atomic mass is 32.2. The Balaban J connectivity index is 2.44. The molecule has 0 atom stereocenters. The van der Waals surface area contributed by atoms with E-state index in [2.05, 4.69) is 19.2 Å². The molecule has 1 heterocycles. The van der Waals surface area contributed by atoms with Crippen LogP contribution in [0.1, 0.15) is 33.1 Å². The summed E-state index contributed by atoms with van der Waals surface area (Å²) in [5.41, 5.74) is -4.14. The van der Waals surface area contributed by atoms with Crippen LogP contribution in [0.5, 0.6) is 0 Å². The minimum Gasteiger partial charge on any atom is -0.381 e. The van der Waals surface area contributed by atoms with Gasteiger partial charge in [0.1, 0.15) is 0 Å². The van der Waals surface area contributed by atoms with E-state index in [-0.39, 0.29) is 22.9 Å². The summed E-state index contributed by atoms with van der Waals surface area (Å²) in [4.78, 5) is 0. The number of thioether (sulfide) groups is 1. The molecule has 0 aliphatic carbocycles. The molecular formula is C12H22F3NOS. The number of ether oxygens (including phenoxy) is 1. The quantitative estimate of drug-likeness (QED) is 0.808. The topological polar surface area (TPSA) is 21.3 Å². The van der Waals surface area contributed by atoms with E-state index in [4.69, 9.17) is 4.74 Å². The SMILES string of the molecule is CC(C)NCC1(CCSC(F)(F)F)CCOCC1. The summed E-state index contributed by atoms with van der Waals surface area (Å²) >= 11 is 0.0914. The molecule has 1 rings (SSSR count). The monoisotopic (exact) mass is 285 g/mol. The van der Waals surface area contributed by atoms with Crippen molar-refractivity contribution in [1.29, 1.82) is 0 Å². The first-order valence-electron chi connectivity index (χ1n) is 6.35. The van der Waals surface area contributed by atoms with Crippen LogP contribution in [-0.4, -0.2) is 37.1 Å². The zero-order valence-electron chi connectivity index (χ0n) is 11.0. The molecule has 0 unspecified atom stereocenters. The second-order valence-electron chi connectivity index (χ2n) is 5.19. The third-order valence-corrected chi connectivity index (χ3v) is 4.07. The lowest BCUT2D eigenvalue weighted by molar-refractivity contribution is -0.0332. The molecule has 0 amide bonds. The van der Waals surface area contributed by atoms with Gasteiger partial charge < -0.3 is 10.1 Å². The van der Waals surface area contributed by atoms with Crippen LogP contribution in [0, 0.1) is 5.41 Å². The first-order chi connectivity index (χ1) is 8.33. The number of hydrogen-bond acceptors (Lipinski definition) is 3. The highest BCUT2D eigenvalue weighted by molar-refractivity contribution is 8.00. The van der Waals surface area contributed by atoms with Gasteiger partial charge >= 0.3 is 5.51 Å². The van der Waals surface area contributed by atoms with Gasteiger partial charge in [-0.05, 0) is 24.7 Å². The van der Waals surface area contributed by atoms with Crippen LogP contribution in [0.15, 0.2) is 0 Å². The molecule has 1 N–H and O–H groups in total. The van der Waals surface area contributed by atoms with Gasteiger partial charge in [0.15, 0.2) is 0 Å². The van der Waals surface area contributed by atoms with Crippen molar-refractivity contribution in [3.8, 4) is 0 Å². The van der Waals surface area contributed by atoms with Crippen LogP contribution in [-0.2, 0) is 4.74 Å². The van der Waals surface area contributed by atoms with Crippen molar-refractivity contribution in [3.05, 3.63) is 0 Å². The zero-order chi connectivity index (χ0) is 13.6. The molecule has 0 radical (unpaired) electrons. The van der Waals surface area contributed by atoms with E-state index in [1.807, 2.05) is 0 Å². The Morgan fingerprint density at radius 2 is 1.89 bits per heavy atom. The zero-order valence-corrected chi connectivity index (χ0v) is 11.8. The van der Waals surface area contributed by atoms with Gasteiger partial charge in [-0.3, -0.25) is 0 Å². The third-order valence-electron chi connectivity index (χ3n) is 3.34. The summed E-state index contributed by atoms with van der Waals surface area (Å²) in [6, 6.07) is 0.361. The molecule has 0 saturated carbocycles. The summed E-state index contributed by atoms with van der Waals surface area (Å²) in [7, 11) is 0. The molecule has 1 aliphatic heterocycles. The molecule has 0 aromatic heterocycles. The van der Waals surface area contributed by atoms with Crippen molar-refractivity contribution < 1.29 is 17.9 Å². The Kier molecular flexibility index (Phi) is 6.27. The first kappa shape index (κ1) is 16.1. The Hall–Kier alpha value is 0.0600. The number of nitrogens with one attached hydrogen (secondary N) is 1. The molecule has 0 aromatic carbocycles. The minimum atomic E-state index is -4.11. The largest absolute Gasteiger partial charge is 0.441 e.